The number of alkyl halides is 3. The summed E-state index contributed by atoms with van der Waals surface area (Å²) in [6, 6.07) is 24.5. The van der Waals surface area contributed by atoms with Gasteiger partial charge in [-0.1, -0.05) is 89.9 Å². The molecule has 0 bridgehead atoms. The maximum Gasteiger partial charge on any atom is 0.416 e. The van der Waals surface area contributed by atoms with Gasteiger partial charge in [0.25, 0.3) is 10.2 Å². The Kier molecular flexibility index (Phi) is 8.94. The predicted molar refractivity (Wildman–Crippen MR) is 175 cm³/mol. The Bertz CT molecular complexity index is 2080. The topological polar surface area (TPSA) is 93.1 Å². The third kappa shape index (κ3) is 7.27. The zero-order valence-corrected chi connectivity index (χ0v) is 26.6. The molecule has 1 fully saturated rings. The van der Waals surface area contributed by atoms with E-state index in [1.165, 1.54) is 6.07 Å². The second-order valence-electron chi connectivity index (χ2n) is 10.4. The lowest BCUT2D eigenvalue weighted by Crippen LogP contribution is -2.23. The van der Waals surface area contributed by atoms with E-state index in [0.717, 1.165) is 23.3 Å². The number of aromatic nitrogens is 2. The summed E-state index contributed by atoms with van der Waals surface area (Å²) < 4.78 is 81.5. The van der Waals surface area contributed by atoms with Crippen LogP contribution >= 0.6 is 23.2 Å². The Labute approximate surface area is 275 Å². The fourth-order valence-corrected chi connectivity index (χ4v) is 8.40. The van der Waals surface area contributed by atoms with Crippen LogP contribution in [-0.4, -0.2) is 22.2 Å². The van der Waals surface area contributed by atoms with Gasteiger partial charge in [-0.2, -0.15) is 26.3 Å². The van der Waals surface area contributed by atoms with E-state index in [4.69, 9.17) is 28.2 Å². The van der Waals surface area contributed by atoms with Crippen molar-refractivity contribution in [2.24, 2.45) is 0 Å². The summed E-state index contributed by atoms with van der Waals surface area (Å²) in [5, 5.41) is 0.0231. The van der Waals surface area contributed by atoms with Crippen LogP contribution in [0.3, 0.4) is 0 Å². The standard InChI is InChI=1S/C32H23Cl2F3N4O3S2/c33-26-13-14-27(28(34)17-26)29-19-41(18-21-6-11-23(12-7-21)31-39-46(43,44)40-45(31)42)30(38-29)15-8-20-4-9-22(10-5-20)24-2-1-3-25(16-24)32(35,36)37/h1-17,19,31,39-40H,18H2/b15-8+. The van der Waals surface area contributed by atoms with Crippen molar-refractivity contribution in [2.45, 2.75) is 18.1 Å². The summed E-state index contributed by atoms with van der Waals surface area (Å²) in [4.78, 5) is 4.80. The Hall–Kier alpha value is -3.78. The van der Waals surface area contributed by atoms with E-state index >= 15 is 0 Å². The normalized spacial score (nSPS) is 17.9. The van der Waals surface area contributed by atoms with Gasteiger partial charge in [-0.3, -0.25) is 0 Å². The third-order valence-corrected chi connectivity index (χ3v) is 10.8. The molecule has 2 heterocycles. The van der Waals surface area contributed by atoms with Gasteiger partial charge in [0.1, 0.15) is 22.2 Å². The first-order chi connectivity index (χ1) is 21.8. The molecule has 0 aliphatic carbocycles. The second-order valence-corrected chi connectivity index (χ2v) is 14.2. The molecule has 2 unspecified atom stereocenters. The van der Waals surface area contributed by atoms with E-state index in [1.54, 1.807) is 48.5 Å². The van der Waals surface area contributed by atoms with Gasteiger partial charge in [0.2, 0.25) is 0 Å². The lowest BCUT2D eigenvalue weighted by molar-refractivity contribution is -0.137. The number of imidazole rings is 1. The molecule has 1 aliphatic rings. The van der Waals surface area contributed by atoms with Crippen molar-refractivity contribution in [2.75, 3.05) is 0 Å². The Balaban J connectivity index is 1.27. The molecule has 2 N–H and O–H groups in total. The summed E-state index contributed by atoms with van der Waals surface area (Å²) in [5.74, 6) is 0.598. The largest absolute Gasteiger partial charge is 0.416 e. The molecule has 4 aromatic carbocycles. The molecule has 5 aromatic rings. The highest BCUT2D eigenvalue weighted by molar-refractivity contribution is 8.03. The van der Waals surface area contributed by atoms with Crippen molar-refractivity contribution >= 4 is 56.5 Å². The summed E-state index contributed by atoms with van der Waals surface area (Å²) in [6.45, 7) is 0.393. The Morgan fingerprint density at radius 1 is 0.913 bits per heavy atom. The molecule has 46 heavy (non-hydrogen) atoms. The number of halogens is 5. The molecule has 236 valence electrons. The van der Waals surface area contributed by atoms with E-state index in [2.05, 4.69) is 4.72 Å². The maximum absolute atomic E-state index is 13.2. The lowest BCUT2D eigenvalue weighted by atomic mass is 10.0. The van der Waals surface area contributed by atoms with Crippen LogP contribution in [0.5, 0.6) is 0 Å². The van der Waals surface area contributed by atoms with Crippen molar-refractivity contribution < 1.29 is 25.8 Å². The summed E-state index contributed by atoms with van der Waals surface area (Å²) >= 11 is 12.6. The van der Waals surface area contributed by atoms with Gasteiger partial charge >= 0.3 is 6.18 Å². The van der Waals surface area contributed by atoms with Crippen LogP contribution < -0.4 is 8.85 Å². The molecule has 0 spiro atoms. The number of hydrogen-bond donors (Lipinski definition) is 2. The zero-order chi connectivity index (χ0) is 32.6. The van der Waals surface area contributed by atoms with Crippen LogP contribution in [0.25, 0.3) is 34.5 Å². The fourth-order valence-electron chi connectivity index (χ4n) is 4.90. The van der Waals surface area contributed by atoms with E-state index in [-0.39, 0.29) is 0 Å². The van der Waals surface area contributed by atoms with Gasteiger partial charge in [0.05, 0.1) is 16.3 Å². The average molecular weight is 704 g/mol. The molecule has 0 amide bonds. The van der Waals surface area contributed by atoms with Gasteiger partial charge in [0, 0.05) is 23.3 Å². The molecular formula is C32H23Cl2F3N4O3S2. The predicted octanol–water partition coefficient (Wildman–Crippen LogP) is 7.86. The van der Waals surface area contributed by atoms with Crippen molar-refractivity contribution in [3.05, 3.63) is 135 Å². The SMILES string of the molecule is O=S1NS(=O)(=O)NC1c1ccc(Cn2cc(-c3ccc(Cl)cc3Cl)nc2/C=C/c2ccc(-c3cccc(C(F)(F)F)c3)cc2)cc1. The molecule has 1 aromatic heterocycles. The van der Waals surface area contributed by atoms with Gasteiger partial charge in [-0.15, -0.1) is 4.13 Å². The third-order valence-electron chi connectivity index (χ3n) is 7.18. The average Bonchev–Trinajstić information content (AvgIpc) is 3.54. The number of nitrogens with zero attached hydrogens (tertiary/aromatic N) is 2. The van der Waals surface area contributed by atoms with Crippen LogP contribution in [0.15, 0.2) is 97.2 Å². The Morgan fingerprint density at radius 2 is 1.65 bits per heavy atom. The first-order valence-electron chi connectivity index (χ1n) is 13.6. The molecule has 1 aliphatic heterocycles. The molecule has 7 nitrogen and oxygen atoms in total. The lowest BCUT2D eigenvalue weighted by Gasteiger charge is -2.10. The number of nitrogens with one attached hydrogen (secondary N) is 2. The van der Waals surface area contributed by atoms with Gasteiger partial charge < -0.3 is 4.57 Å². The minimum Gasteiger partial charge on any atom is -0.326 e. The van der Waals surface area contributed by atoms with Crippen LogP contribution in [-0.2, 0) is 33.9 Å². The molecule has 2 atom stereocenters. The van der Waals surface area contributed by atoms with Crippen molar-refractivity contribution in [1.29, 1.82) is 0 Å². The van der Waals surface area contributed by atoms with Crippen LogP contribution in [0, 0.1) is 0 Å². The highest BCUT2D eigenvalue weighted by Gasteiger charge is 2.34. The first-order valence-corrected chi connectivity index (χ1v) is 17.1. The second kappa shape index (κ2) is 12.8. The van der Waals surface area contributed by atoms with Crippen molar-refractivity contribution in [1.82, 2.24) is 18.4 Å². The zero-order valence-electron chi connectivity index (χ0n) is 23.5. The molecule has 0 radical (unpaired) electrons. The number of benzene rings is 4. The highest BCUT2D eigenvalue weighted by Crippen LogP contribution is 2.33. The van der Waals surface area contributed by atoms with E-state index < -0.39 is 38.3 Å². The molecule has 14 heteroatoms. The molecule has 1 saturated heterocycles. The summed E-state index contributed by atoms with van der Waals surface area (Å²) in [6.07, 6.45) is 1.10. The van der Waals surface area contributed by atoms with E-state index in [0.29, 0.717) is 50.4 Å². The minimum atomic E-state index is -4.42. The van der Waals surface area contributed by atoms with Crippen LogP contribution in [0.4, 0.5) is 13.2 Å². The monoisotopic (exact) mass is 702 g/mol. The minimum absolute atomic E-state index is 0.393. The smallest absolute Gasteiger partial charge is 0.326 e. The highest BCUT2D eigenvalue weighted by atomic mass is 35.5. The van der Waals surface area contributed by atoms with Gasteiger partial charge in [-0.25, -0.2) is 9.19 Å². The van der Waals surface area contributed by atoms with E-state index in [9.17, 15) is 25.8 Å². The summed E-state index contributed by atoms with van der Waals surface area (Å²) in [5.41, 5.74) is 3.92. The fraction of sp³-hybridized carbons (Fsp3) is 0.0938. The summed E-state index contributed by atoms with van der Waals surface area (Å²) in [7, 11) is -5.65. The maximum atomic E-state index is 13.2. The van der Waals surface area contributed by atoms with Crippen molar-refractivity contribution in [3.8, 4) is 22.4 Å². The van der Waals surface area contributed by atoms with Gasteiger partial charge in [-0.05, 0) is 64.2 Å². The van der Waals surface area contributed by atoms with Crippen LogP contribution in [0.2, 0.25) is 10.0 Å². The first kappa shape index (κ1) is 32.2. The molecule has 0 saturated carbocycles. The van der Waals surface area contributed by atoms with Crippen molar-refractivity contribution in [3.63, 3.8) is 0 Å². The van der Waals surface area contributed by atoms with E-state index in [1.807, 2.05) is 51.3 Å². The quantitative estimate of drug-likeness (QED) is 0.181. The number of hydrogen-bond acceptors (Lipinski definition) is 4. The van der Waals surface area contributed by atoms with Crippen LogP contribution in [0.1, 0.15) is 33.5 Å². The molecule has 6 rings (SSSR count). The Morgan fingerprint density at radius 3 is 2.30 bits per heavy atom. The number of rotatable bonds is 7. The molecular weight excluding hydrogens is 680 g/mol. The van der Waals surface area contributed by atoms with Gasteiger partial charge in [0.15, 0.2) is 0 Å².